The summed E-state index contributed by atoms with van der Waals surface area (Å²) in [4.78, 5) is 10.3. The van der Waals surface area contributed by atoms with Gasteiger partial charge in [-0.25, -0.2) is 0 Å². The van der Waals surface area contributed by atoms with Gasteiger partial charge in [0.2, 0.25) is 0 Å². The molecular formula is C10H15NO3S. The van der Waals surface area contributed by atoms with E-state index < -0.39 is 14.4 Å². The van der Waals surface area contributed by atoms with E-state index in [1.165, 1.54) is 24.5 Å². The molecule has 0 bridgehead atoms. The first-order valence-corrected chi connectivity index (χ1v) is 6.61. The van der Waals surface area contributed by atoms with Crippen molar-refractivity contribution in [3.05, 3.63) is 34.4 Å². The van der Waals surface area contributed by atoms with Crippen molar-refractivity contribution in [2.24, 2.45) is 0 Å². The Labute approximate surface area is 90.1 Å². The minimum Gasteiger partial charge on any atom is -0.263 e. The van der Waals surface area contributed by atoms with E-state index in [1.54, 1.807) is 6.07 Å². The fraction of sp³-hybridized carbons (Fsp3) is 0.300. The fourth-order valence-electron chi connectivity index (χ4n) is 0.866. The van der Waals surface area contributed by atoms with E-state index in [4.69, 9.17) is 0 Å². The van der Waals surface area contributed by atoms with E-state index >= 15 is 0 Å². The van der Waals surface area contributed by atoms with Crippen molar-refractivity contribution < 1.29 is 9.13 Å². The summed E-state index contributed by atoms with van der Waals surface area (Å²) >= 11 is 0. The fourth-order valence-corrected chi connectivity index (χ4v) is 1.60. The lowest BCUT2D eigenvalue weighted by molar-refractivity contribution is -0.385. The maximum absolute atomic E-state index is 11.4. The lowest BCUT2D eigenvalue weighted by Crippen LogP contribution is -1.97. The number of hydrogen-bond acceptors (Lipinski definition) is 3. The van der Waals surface area contributed by atoms with Crippen molar-refractivity contribution in [2.45, 2.75) is 18.7 Å². The van der Waals surface area contributed by atoms with E-state index in [9.17, 15) is 14.3 Å². The number of rotatable bonds is 2. The third-order valence-electron chi connectivity index (χ3n) is 1.53. The van der Waals surface area contributed by atoms with Gasteiger partial charge in [-0.2, -0.15) is 0 Å². The lowest BCUT2D eigenvalue weighted by Gasteiger charge is -2.00. The Bertz CT molecular complexity index is 438. The second-order valence-electron chi connectivity index (χ2n) is 2.76. The molecular weight excluding hydrogens is 214 g/mol. The molecule has 0 N–H and O–H groups in total. The number of nitro groups is 1. The zero-order valence-electron chi connectivity index (χ0n) is 9.10. The van der Waals surface area contributed by atoms with Crippen molar-refractivity contribution in [1.29, 1.82) is 0 Å². The molecule has 4 nitrogen and oxygen atoms in total. The predicted molar refractivity (Wildman–Crippen MR) is 63.9 cm³/mol. The van der Waals surface area contributed by atoms with Gasteiger partial charge in [0, 0.05) is 23.3 Å². The first-order valence-electron chi connectivity index (χ1n) is 4.48. The van der Waals surface area contributed by atoms with Gasteiger partial charge in [0.25, 0.3) is 5.69 Å². The Hall–Kier alpha value is -1.36. The summed E-state index contributed by atoms with van der Waals surface area (Å²) in [5.41, 5.74) is -0.0595. The smallest absolute Gasteiger partial charge is 0.263 e. The van der Waals surface area contributed by atoms with Crippen LogP contribution < -0.4 is 0 Å². The number of benzene rings is 1. The lowest BCUT2D eigenvalue weighted by atomic mass is 10.3. The molecule has 0 saturated carbocycles. The van der Waals surface area contributed by atoms with Crippen LogP contribution in [0.1, 0.15) is 13.8 Å². The molecule has 1 rings (SSSR count). The van der Waals surface area contributed by atoms with Crippen LogP contribution in [-0.4, -0.2) is 21.3 Å². The van der Waals surface area contributed by atoms with Gasteiger partial charge < -0.3 is 0 Å². The van der Waals surface area contributed by atoms with Crippen LogP contribution in [-0.2, 0) is 9.52 Å². The molecule has 0 heterocycles. The second kappa shape index (κ2) is 5.50. The molecule has 0 aromatic heterocycles. The minimum absolute atomic E-state index is 0.0595. The zero-order chi connectivity index (χ0) is 12.1. The van der Waals surface area contributed by atoms with Gasteiger partial charge in [-0.05, 0) is 21.5 Å². The topological polar surface area (TPSA) is 60.2 Å². The Morgan fingerprint density at radius 3 is 2.33 bits per heavy atom. The first-order chi connectivity index (χ1) is 6.91. The molecule has 0 aliphatic rings. The van der Waals surface area contributed by atoms with Crippen LogP contribution in [0.15, 0.2) is 29.2 Å². The summed E-state index contributed by atoms with van der Waals surface area (Å²) in [7, 11) is -2.36. The first kappa shape index (κ1) is 13.6. The maximum atomic E-state index is 11.4. The Kier molecular flexibility index (Phi) is 5.00. The Morgan fingerprint density at radius 2 is 1.93 bits per heavy atom. The van der Waals surface area contributed by atoms with Crippen LogP contribution in [0.25, 0.3) is 0 Å². The Morgan fingerprint density at radius 1 is 1.40 bits per heavy atom. The molecule has 84 valence electrons. The van der Waals surface area contributed by atoms with Crippen molar-refractivity contribution in [2.75, 3.05) is 6.26 Å². The van der Waals surface area contributed by atoms with Crippen molar-refractivity contribution in [3.8, 4) is 0 Å². The zero-order valence-corrected chi connectivity index (χ0v) is 9.91. The third kappa shape index (κ3) is 4.12. The molecule has 0 fully saturated rings. The highest BCUT2D eigenvalue weighted by Gasteiger charge is 2.08. The summed E-state index contributed by atoms with van der Waals surface area (Å²) in [5.74, 6) is 3.45. The summed E-state index contributed by atoms with van der Waals surface area (Å²) in [6.45, 7) is 4.00. The van der Waals surface area contributed by atoms with Gasteiger partial charge in [0.05, 0.1) is 4.92 Å². The molecule has 0 aliphatic carbocycles. The number of nitro benzene ring substituents is 1. The van der Waals surface area contributed by atoms with Gasteiger partial charge in [0.1, 0.15) is 0 Å². The molecule has 1 aromatic carbocycles. The summed E-state index contributed by atoms with van der Waals surface area (Å²) in [6, 6.07) is 5.72. The van der Waals surface area contributed by atoms with Crippen molar-refractivity contribution in [3.63, 3.8) is 0 Å². The molecule has 0 spiro atoms. The third-order valence-corrected chi connectivity index (χ3v) is 2.78. The van der Waals surface area contributed by atoms with Crippen molar-refractivity contribution >= 4 is 21.1 Å². The van der Waals surface area contributed by atoms with Gasteiger partial charge >= 0.3 is 0 Å². The highest BCUT2D eigenvalue weighted by Crippen LogP contribution is 2.16. The van der Waals surface area contributed by atoms with Crippen LogP contribution in [0.5, 0.6) is 0 Å². The normalized spacial score (nSPS) is 13.3. The van der Waals surface area contributed by atoms with Crippen LogP contribution in [0, 0.1) is 10.1 Å². The quantitative estimate of drug-likeness (QED) is 0.444. The molecule has 5 heteroatoms. The van der Waals surface area contributed by atoms with Crippen molar-refractivity contribution in [1.82, 2.24) is 0 Å². The summed E-state index contributed by atoms with van der Waals surface area (Å²) in [5, 5.41) is 10.4. The molecule has 0 aliphatic heterocycles. The monoisotopic (exact) mass is 229 g/mol. The average Bonchev–Trinajstić information content (AvgIpc) is 2.20. The van der Waals surface area contributed by atoms with Gasteiger partial charge in [-0.15, -0.1) is 0 Å². The van der Waals surface area contributed by atoms with E-state index in [0.29, 0.717) is 4.90 Å². The van der Waals surface area contributed by atoms with E-state index in [2.05, 4.69) is 5.87 Å². The average molecular weight is 229 g/mol. The van der Waals surface area contributed by atoms with Crippen LogP contribution >= 0.6 is 0 Å². The molecule has 1 unspecified atom stereocenters. The van der Waals surface area contributed by atoms with E-state index in [1.807, 2.05) is 13.8 Å². The molecule has 0 radical (unpaired) electrons. The van der Waals surface area contributed by atoms with Crippen LogP contribution in [0.2, 0.25) is 0 Å². The number of hydrogen-bond donors (Lipinski definition) is 0. The molecule has 1 aromatic rings. The molecule has 0 saturated heterocycles. The standard InChI is InChI=1S/C8H9NO3S.C2H6/c1-13(2,12)8-5-3-4-7(6-8)9(10)11;1-2/h3-6H,1H2,2H3;1-2H3. The van der Waals surface area contributed by atoms with Gasteiger partial charge in [-0.1, -0.05) is 19.9 Å². The number of non-ortho nitro benzene ring substituents is 1. The van der Waals surface area contributed by atoms with E-state index in [-0.39, 0.29) is 5.69 Å². The largest absolute Gasteiger partial charge is 0.270 e. The summed E-state index contributed by atoms with van der Waals surface area (Å²) < 4.78 is 11.4. The SMILES string of the molecule is C=S(C)(=O)c1cccc([N+](=O)[O-])c1.CC. The molecule has 0 amide bonds. The van der Waals surface area contributed by atoms with Gasteiger partial charge in [0.15, 0.2) is 0 Å². The number of nitrogens with zero attached hydrogens (tertiary/aromatic N) is 1. The highest BCUT2D eigenvalue weighted by atomic mass is 32.2. The second-order valence-corrected chi connectivity index (χ2v) is 5.24. The van der Waals surface area contributed by atoms with E-state index in [0.717, 1.165) is 0 Å². The molecule has 15 heavy (non-hydrogen) atoms. The van der Waals surface area contributed by atoms with Gasteiger partial charge in [-0.3, -0.25) is 14.3 Å². The van der Waals surface area contributed by atoms with Crippen LogP contribution in [0.3, 0.4) is 0 Å². The predicted octanol–water partition coefficient (Wildman–Crippen LogP) is 2.33. The minimum atomic E-state index is -2.36. The van der Waals surface area contributed by atoms with Crippen LogP contribution in [0.4, 0.5) is 5.69 Å². The molecule has 1 atom stereocenters. The highest BCUT2D eigenvalue weighted by molar-refractivity contribution is 7.99. The maximum Gasteiger partial charge on any atom is 0.270 e. The summed E-state index contributed by atoms with van der Waals surface area (Å²) in [6.07, 6.45) is 1.45. The Balaban J connectivity index is 0.000000921.